The third kappa shape index (κ3) is 3.85. The molecule has 0 spiro atoms. The highest BCUT2D eigenvalue weighted by Crippen LogP contribution is 2.11. The van der Waals surface area contributed by atoms with Crippen LogP contribution >= 0.6 is 12.4 Å². The lowest BCUT2D eigenvalue weighted by Crippen LogP contribution is -2.54. The van der Waals surface area contributed by atoms with Crippen LogP contribution in [0.1, 0.15) is 32.1 Å². The van der Waals surface area contributed by atoms with Gasteiger partial charge in [-0.1, -0.05) is 6.42 Å². The van der Waals surface area contributed by atoms with Crippen molar-refractivity contribution in [2.75, 3.05) is 20.1 Å². The second-order valence-electron chi connectivity index (χ2n) is 5.02. The second kappa shape index (κ2) is 6.95. The first kappa shape index (κ1) is 15.2. The second-order valence-corrected chi connectivity index (χ2v) is 5.02. The standard InChI is InChI=1S/C12H21N3O2.ClH/c1-15-8-9(5-6-11(15)16)14-12(17)10-4-2-3-7-13-10;/h9-10,13H,2-8H2,1H3,(H,14,17);1H/t9?,10-;/m1./s1. The molecule has 5 nitrogen and oxygen atoms in total. The van der Waals surface area contributed by atoms with Gasteiger partial charge in [-0.2, -0.15) is 0 Å². The first-order valence-electron chi connectivity index (χ1n) is 6.44. The Morgan fingerprint density at radius 2 is 2.17 bits per heavy atom. The van der Waals surface area contributed by atoms with Crippen LogP contribution in [0.3, 0.4) is 0 Å². The van der Waals surface area contributed by atoms with Crippen LogP contribution in [0.4, 0.5) is 0 Å². The summed E-state index contributed by atoms with van der Waals surface area (Å²) < 4.78 is 0. The number of piperidine rings is 2. The van der Waals surface area contributed by atoms with Crippen LogP contribution in [0.25, 0.3) is 0 Å². The van der Waals surface area contributed by atoms with Gasteiger partial charge in [0.1, 0.15) is 0 Å². The number of nitrogens with zero attached hydrogens (tertiary/aromatic N) is 1. The summed E-state index contributed by atoms with van der Waals surface area (Å²) >= 11 is 0. The van der Waals surface area contributed by atoms with Crippen molar-refractivity contribution >= 4 is 24.2 Å². The van der Waals surface area contributed by atoms with Crippen molar-refractivity contribution in [3.8, 4) is 0 Å². The molecule has 0 radical (unpaired) electrons. The molecule has 1 unspecified atom stereocenters. The van der Waals surface area contributed by atoms with E-state index in [1.54, 1.807) is 11.9 Å². The predicted molar refractivity (Wildman–Crippen MR) is 71.7 cm³/mol. The molecule has 2 fully saturated rings. The van der Waals surface area contributed by atoms with Crippen molar-refractivity contribution in [2.24, 2.45) is 0 Å². The molecule has 6 heteroatoms. The minimum Gasteiger partial charge on any atom is -0.350 e. The minimum atomic E-state index is -0.0355. The molecule has 2 aliphatic rings. The molecule has 2 N–H and O–H groups in total. The van der Waals surface area contributed by atoms with E-state index in [2.05, 4.69) is 10.6 Å². The van der Waals surface area contributed by atoms with E-state index in [9.17, 15) is 9.59 Å². The van der Waals surface area contributed by atoms with Gasteiger partial charge < -0.3 is 15.5 Å². The van der Waals surface area contributed by atoms with Gasteiger partial charge in [0.15, 0.2) is 0 Å². The Kier molecular flexibility index (Phi) is 5.88. The van der Waals surface area contributed by atoms with Crippen molar-refractivity contribution in [3.05, 3.63) is 0 Å². The summed E-state index contributed by atoms with van der Waals surface area (Å²) in [5.41, 5.74) is 0. The maximum absolute atomic E-state index is 12.0. The molecule has 0 aromatic heterocycles. The zero-order valence-corrected chi connectivity index (χ0v) is 11.6. The molecule has 2 rings (SSSR count). The SMILES string of the molecule is CN1CC(NC(=O)[C@H]2CCCCN2)CCC1=O.Cl. The lowest BCUT2D eigenvalue weighted by molar-refractivity contribution is -0.134. The Bertz CT molecular complexity index is 306. The van der Waals surface area contributed by atoms with Crippen LogP contribution in [0.15, 0.2) is 0 Å². The van der Waals surface area contributed by atoms with E-state index in [1.165, 1.54) is 0 Å². The first-order valence-corrected chi connectivity index (χ1v) is 6.44. The number of halogens is 1. The van der Waals surface area contributed by atoms with E-state index in [4.69, 9.17) is 0 Å². The van der Waals surface area contributed by atoms with E-state index in [1.807, 2.05) is 0 Å². The molecule has 0 aromatic rings. The normalized spacial score (nSPS) is 28.5. The van der Waals surface area contributed by atoms with E-state index < -0.39 is 0 Å². The monoisotopic (exact) mass is 275 g/mol. The van der Waals surface area contributed by atoms with Crippen LogP contribution in [0.5, 0.6) is 0 Å². The lowest BCUT2D eigenvalue weighted by atomic mass is 10.0. The van der Waals surface area contributed by atoms with Gasteiger partial charge in [-0.3, -0.25) is 9.59 Å². The fourth-order valence-electron chi connectivity index (χ4n) is 2.51. The Morgan fingerprint density at radius 3 is 2.78 bits per heavy atom. The number of hydrogen-bond acceptors (Lipinski definition) is 3. The van der Waals surface area contributed by atoms with E-state index in [-0.39, 0.29) is 36.3 Å². The highest BCUT2D eigenvalue weighted by atomic mass is 35.5. The van der Waals surface area contributed by atoms with Gasteiger partial charge in [0.05, 0.1) is 6.04 Å². The van der Waals surface area contributed by atoms with Crippen molar-refractivity contribution in [3.63, 3.8) is 0 Å². The molecule has 0 saturated carbocycles. The van der Waals surface area contributed by atoms with E-state index >= 15 is 0 Å². The van der Waals surface area contributed by atoms with Gasteiger partial charge in [-0.15, -0.1) is 12.4 Å². The first-order chi connectivity index (χ1) is 8.16. The summed E-state index contributed by atoms with van der Waals surface area (Å²) in [6, 6.07) is 0.0839. The number of hydrogen-bond donors (Lipinski definition) is 2. The fraction of sp³-hybridized carbons (Fsp3) is 0.833. The number of rotatable bonds is 2. The Hall–Kier alpha value is -0.810. The van der Waals surface area contributed by atoms with Crippen LogP contribution < -0.4 is 10.6 Å². The summed E-state index contributed by atoms with van der Waals surface area (Å²) in [7, 11) is 1.79. The molecule has 2 saturated heterocycles. The molecule has 2 heterocycles. The molecule has 2 aliphatic heterocycles. The van der Waals surface area contributed by atoms with Crippen molar-refractivity contribution in [1.29, 1.82) is 0 Å². The summed E-state index contributed by atoms with van der Waals surface area (Å²) in [6.45, 7) is 1.57. The zero-order chi connectivity index (χ0) is 12.3. The van der Waals surface area contributed by atoms with Gasteiger partial charge in [-0.05, 0) is 25.8 Å². The third-order valence-electron chi connectivity index (χ3n) is 3.60. The quantitative estimate of drug-likeness (QED) is 0.761. The molecule has 104 valence electrons. The Balaban J connectivity index is 0.00000162. The predicted octanol–water partition coefficient (Wildman–Crippen LogP) is 0.287. The number of carbonyl (C=O) groups excluding carboxylic acids is 2. The highest BCUT2D eigenvalue weighted by Gasteiger charge is 2.27. The maximum atomic E-state index is 12.0. The summed E-state index contributed by atoms with van der Waals surface area (Å²) in [4.78, 5) is 25.0. The number of nitrogens with one attached hydrogen (secondary N) is 2. The average molecular weight is 276 g/mol. The van der Waals surface area contributed by atoms with Crippen LogP contribution in [0.2, 0.25) is 0 Å². The Labute approximate surface area is 114 Å². The minimum absolute atomic E-state index is 0. The lowest BCUT2D eigenvalue weighted by Gasteiger charge is -2.32. The van der Waals surface area contributed by atoms with Gasteiger partial charge >= 0.3 is 0 Å². The summed E-state index contributed by atoms with van der Waals surface area (Å²) in [5.74, 6) is 0.267. The molecule has 0 bridgehead atoms. The maximum Gasteiger partial charge on any atom is 0.237 e. The van der Waals surface area contributed by atoms with Crippen LogP contribution in [-0.2, 0) is 9.59 Å². The average Bonchev–Trinajstić information content (AvgIpc) is 2.35. The molecule has 0 aliphatic carbocycles. The highest BCUT2D eigenvalue weighted by molar-refractivity contribution is 5.85. The van der Waals surface area contributed by atoms with Crippen molar-refractivity contribution < 1.29 is 9.59 Å². The number of amides is 2. The zero-order valence-electron chi connectivity index (χ0n) is 10.8. The largest absolute Gasteiger partial charge is 0.350 e. The molecule has 2 atom stereocenters. The van der Waals surface area contributed by atoms with Crippen LogP contribution in [0, 0.1) is 0 Å². The van der Waals surface area contributed by atoms with Crippen molar-refractivity contribution in [2.45, 2.75) is 44.2 Å². The van der Waals surface area contributed by atoms with Gasteiger partial charge in [0.2, 0.25) is 11.8 Å². The molecule has 18 heavy (non-hydrogen) atoms. The Morgan fingerprint density at radius 1 is 1.39 bits per heavy atom. The summed E-state index contributed by atoms with van der Waals surface area (Å²) in [5, 5.41) is 6.28. The van der Waals surface area contributed by atoms with E-state index in [0.717, 1.165) is 32.2 Å². The third-order valence-corrected chi connectivity index (χ3v) is 3.60. The summed E-state index contributed by atoms with van der Waals surface area (Å²) in [6.07, 6.45) is 4.51. The smallest absolute Gasteiger partial charge is 0.237 e. The van der Waals surface area contributed by atoms with Crippen LogP contribution in [-0.4, -0.2) is 48.9 Å². The molecular formula is C12H22ClN3O2. The molecular weight excluding hydrogens is 254 g/mol. The van der Waals surface area contributed by atoms with E-state index in [0.29, 0.717) is 13.0 Å². The van der Waals surface area contributed by atoms with Crippen molar-refractivity contribution in [1.82, 2.24) is 15.5 Å². The number of likely N-dealkylation sites (tertiary alicyclic amines) is 1. The topological polar surface area (TPSA) is 61.4 Å². The van der Waals surface area contributed by atoms with Gasteiger partial charge in [-0.25, -0.2) is 0 Å². The molecule has 2 amide bonds. The number of carbonyl (C=O) groups is 2. The fourth-order valence-corrected chi connectivity index (χ4v) is 2.51. The van der Waals surface area contributed by atoms with Gasteiger partial charge in [0, 0.05) is 26.1 Å². The number of likely N-dealkylation sites (N-methyl/N-ethyl adjacent to an activating group) is 1. The molecule has 0 aromatic carbocycles. The van der Waals surface area contributed by atoms with Gasteiger partial charge in [0.25, 0.3) is 0 Å².